The number of carbonyl (C=O) groups excluding carboxylic acids is 1. The predicted octanol–water partition coefficient (Wildman–Crippen LogP) is 8.97. The molecule has 4 N–H and O–H groups in total. The molecular weight excluding hydrogens is 534 g/mol. The Morgan fingerprint density at radius 1 is 0.628 bits per heavy atom. The number of rotatable bonds is 29. The summed E-state index contributed by atoms with van der Waals surface area (Å²) in [5.74, 6) is -0.138. The van der Waals surface area contributed by atoms with E-state index in [9.17, 15) is 20.1 Å². The van der Waals surface area contributed by atoms with Crippen molar-refractivity contribution in [3.63, 3.8) is 0 Å². The molecule has 43 heavy (non-hydrogen) atoms. The van der Waals surface area contributed by atoms with Gasteiger partial charge in [0.05, 0.1) is 24.9 Å². The van der Waals surface area contributed by atoms with E-state index in [1.807, 2.05) is 13.0 Å². The molecule has 0 radical (unpaired) electrons. The van der Waals surface area contributed by atoms with Gasteiger partial charge in [0.1, 0.15) is 0 Å². The fraction of sp³-hybridized carbons (Fsp3) is 0.658. The summed E-state index contributed by atoms with van der Waals surface area (Å²) in [7, 11) is 0. The van der Waals surface area contributed by atoms with Crippen molar-refractivity contribution in [3.05, 3.63) is 72.9 Å². The van der Waals surface area contributed by atoms with Crippen molar-refractivity contribution < 1.29 is 20.1 Å². The molecule has 0 unspecified atom stereocenters. The first-order valence-electron chi connectivity index (χ1n) is 17.2. The summed E-state index contributed by atoms with van der Waals surface area (Å²) in [5.41, 5.74) is 0. The maximum atomic E-state index is 12.3. The molecule has 246 valence electrons. The van der Waals surface area contributed by atoms with Gasteiger partial charge in [0.15, 0.2) is 0 Å². The minimum absolute atomic E-state index is 0.138. The lowest BCUT2D eigenvalue weighted by Crippen LogP contribution is -2.45. The zero-order valence-corrected chi connectivity index (χ0v) is 27.6. The number of allylic oxidation sites excluding steroid dienone is 11. The van der Waals surface area contributed by atoms with Crippen LogP contribution in [0.4, 0.5) is 0 Å². The van der Waals surface area contributed by atoms with Gasteiger partial charge in [-0.2, -0.15) is 0 Å². The Morgan fingerprint density at radius 3 is 1.70 bits per heavy atom. The van der Waals surface area contributed by atoms with Gasteiger partial charge < -0.3 is 20.6 Å². The van der Waals surface area contributed by atoms with Gasteiger partial charge in [-0.05, 0) is 83.5 Å². The van der Waals surface area contributed by atoms with Crippen LogP contribution in [0.25, 0.3) is 0 Å². The van der Waals surface area contributed by atoms with Crippen LogP contribution in [0.3, 0.4) is 0 Å². The second kappa shape index (κ2) is 32.7. The Labute approximate surface area is 264 Å². The zero-order valence-electron chi connectivity index (χ0n) is 27.6. The molecule has 0 heterocycles. The van der Waals surface area contributed by atoms with Crippen LogP contribution in [0.1, 0.15) is 136 Å². The van der Waals surface area contributed by atoms with Gasteiger partial charge in [0.25, 0.3) is 0 Å². The topological polar surface area (TPSA) is 89.8 Å². The van der Waals surface area contributed by atoms with Crippen LogP contribution in [0.2, 0.25) is 0 Å². The average Bonchev–Trinajstić information content (AvgIpc) is 3.01. The van der Waals surface area contributed by atoms with Crippen LogP contribution in [-0.4, -0.2) is 46.1 Å². The Morgan fingerprint density at radius 2 is 1.12 bits per heavy atom. The number of aliphatic hydroxyl groups excluding tert-OH is 3. The smallest absolute Gasteiger partial charge is 0.220 e. The fourth-order valence-corrected chi connectivity index (χ4v) is 4.44. The van der Waals surface area contributed by atoms with E-state index < -0.39 is 12.1 Å². The number of unbranched alkanes of at least 4 members (excludes halogenated alkanes) is 9. The number of amides is 1. The first-order chi connectivity index (χ1) is 21.0. The van der Waals surface area contributed by atoms with Crippen molar-refractivity contribution in [2.75, 3.05) is 6.61 Å². The molecule has 0 aliphatic heterocycles. The Bertz CT molecular complexity index is 796. The molecule has 0 spiro atoms. The van der Waals surface area contributed by atoms with Gasteiger partial charge in [-0.3, -0.25) is 4.79 Å². The third-order valence-corrected chi connectivity index (χ3v) is 7.30. The summed E-state index contributed by atoms with van der Waals surface area (Å²) >= 11 is 0. The summed E-state index contributed by atoms with van der Waals surface area (Å²) in [5, 5.41) is 32.3. The molecule has 1 amide bonds. The number of hydrogen-bond acceptors (Lipinski definition) is 4. The van der Waals surface area contributed by atoms with Gasteiger partial charge in [-0.25, -0.2) is 0 Å². The van der Waals surface area contributed by atoms with E-state index in [1.165, 1.54) is 51.4 Å². The second-order valence-electron chi connectivity index (χ2n) is 11.4. The highest BCUT2D eigenvalue weighted by Gasteiger charge is 2.17. The van der Waals surface area contributed by atoms with Crippen LogP contribution in [0, 0.1) is 0 Å². The summed E-state index contributed by atoms with van der Waals surface area (Å²) in [6.07, 6.45) is 43.5. The number of hydrogen-bond donors (Lipinski definition) is 4. The Kier molecular flexibility index (Phi) is 31.0. The van der Waals surface area contributed by atoms with E-state index in [0.717, 1.165) is 64.2 Å². The fourth-order valence-electron chi connectivity index (χ4n) is 4.44. The first-order valence-corrected chi connectivity index (χ1v) is 17.2. The average molecular weight is 600 g/mol. The highest BCUT2D eigenvalue weighted by molar-refractivity contribution is 5.76. The summed E-state index contributed by atoms with van der Waals surface area (Å²) in [4.78, 5) is 12.3. The van der Waals surface area contributed by atoms with Crippen LogP contribution < -0.4 is 5.32 Å². The van der Waals surface area contributed by atoms with Crippen LogP contribution in [-0.2, 0) is 4.79 Å². The molecule has 3 atom stereocenters. The third-order valence-electron chi connectivity index (χ3n) is 7.30. The lowest BCUT2D eigenvalue weighted by Gasteiger charge is -2.19. The number of aliphatic hydroxyl groups is 3. The van der Waals surface area contributed by atoms with E-state index in [-0.39, 0.29) is 18.6 Å². The van der Waals surface area contributed by atoms with Crippen LogP contribution >= 0.6 is 0 Å². The van der Waals surface area contributed by atoms with E-state index >= 15 is 0 Å². The van der Waals surface area contributed by atoms with Crippen LogP contribution in [0.5, 0.6) is 0 Å². The van der Waals surface area contributed by atoms with Crippen molar-refractivity contribution in [2.24, 2.45) is 0 Å². The molecule has 0 bridgehead atoms. The van der Waals surface area contributed by atoms with Crippen LogP contribution in [0.15, 0.2) is 72.9 Å². The van der Waals surface area contributed by atoms with Gasteiger partial charge in [0.2, 0.25) is 5.91 Å². The molecular formula is C38H65NO4. The van der Waals surface area contributed by atoms with E-state index in [4.69, 9.17) is 0 Å². The maximum Gasteiger partial charge on any atom is 0.220 e. The van der Waals surface area contributed by atoms with Gasteiger partial charge >= 0.3 is 0 Å². The van der Waals surface area contributed by atoms with Gasteiger partial charge in [0, 0.05) is 6.42 Å². The molecule has 5 heteroatoms. The predicted molar refractivity (Wildman–Crippen MR) is 185 cm³/mol. The quantitative estimate of drug-likeness (QED) is 0.0510. The lowest BCUT2D eigenvalue weighted by atomic mass is 10.1. The molecule has 0 saturated heterocycles. The maximum absolute atomic E-state index is 12.3. The van der Waals surface area contributed by atoms with Gasteiger partial charge in [-0.1, -0.05) is 119 Å². The van der Waals surface area contributed by atoms with Crippen molar-refractivity contribution in [1.82, 2.24) is 5.32 Å². The monoisotopic (exact) mass is 599 g/mol. The van der Waals surface area contributed by atoms with Crippen molar-refractivity contribution >= 4 is 5.91 Å². The lowest BCUT2D eigenvalue weighted by molar-refractivity contribution is -0.122. The number of nitrogens with one attached hydrogen (secondary N) is 1. The first kappa shape index (κ1) is 40.8. The van der Waals surface area contributed by atoms with E-state index in [0.29, 0.717) is 6.42 Å². The molecule has 0 fully saturated rings. The van der Waals surface area contributed by atoms with E-state index in [2.05, 4.69) is 73.0 Å². The molecule has 0 aromatic heterocycles. The molecule has 0 aliphatic carbocycles. The summed E-state index contributed by atoms with van der Waals surface area (Å²) in [6, 6.07) is -0.666. The molecule has 0 rings (SSSR count). The standard InChI is InChI=1S/C38H65NO4/c1-3-5-6-7-8-9-10-13-17-20-23-26-29-32-37(42)36(34-40)39-38(43)33-30-27-24-21-18-15-12-11-14-16-19-22-25-28-31-35(41)4-2/h6-7,12,14-16,21-22,24-25,29,32,35-37,40-42H,3-5,8-11,13,17-20,23,26-28,30-31,33-34H2,1-2H3,(H,39,43)/b7-6-,15-12-,16-14-,24-21-,25-22-,32-29+/t35-,36+,37-/m1/s1. The van der Waals surface area contributed by atoms with Gasteiger partial charge in [-0.15, -0.1) is 0 Å². The highest BCUT2D eigenvalue weighted by atomic mass is 16.3. The molecule has 5 nitrogen and oxygen atoms in total. The van der Waals surface area contributed by atoms with E-state index in [1.54, 1.807) is 6.08 Å². The minimum atomic E-state index is -0.877. The van der Waals surface area contributed by atoms with Crippen molar-refractivity contribution in [2.45, 2.75) is 154 Å². The normalized spacial score (nSPS) is 14.8. The SMILES string of the molecule is CCC/C=C\CCCCCCCC/C=C/[C@@H](O)[C@H](CO)NC(=O)CCC/C=C\C/C=C\C/C=C\C/C=C\CC[C@H](O)CC. The highest BCUT2D eigenvalue weighted by Crippen LogP contribution is 2.10. The molecule has 0 aromatic rings. The van der Waals surface area contributed by atoms with Crippen molar-refractivity contribution in [3.8, 4) is 0 Å². The molecule has 0 aliphatic rings. The summed E-state index contributed by atoms with van der Waals surface area (Å²) < 4.78 is 0. The second-order valence-corrected chi connectivity index (χ2v) is 11.4. The minimum Gasteiger partial charge on any atom is -0.394 e. The zero-order chi connectivity index (χ0) is 31.6. The Balaban J connectivity index is 3.83. The molecule has 0 saturated carbocycles. The number of carbonyl (C=O) groups is 1. The Hall–Kier alpha value is -2.21. The third kappa shape index (κ3) is 29.6. The summed E-state index contributed by atoms with van der Waals surface area (Å²) in [6.45, 7) is 3.93. The molecule has 0 aromatic carbocycles. The largest absolute Gasteiger partial charge is 0.394 e. The van der Waals surface area contributed by atoms with Crippen molar-refractivity contribution in [1.29, 1.82) is 0 Å².